The van der Waals surface area contributed by atoms with Gasteiger partial charge in [0.15, 0.2) is 0 Å². The molecule has 4 N–H and O–H groups in total. The van der Waals surface area contributed by atoms with Crippen molar-refractivity contribution in [2.24, 2.45) is 0 Å². The highest BCUT2D eigenvalue weighted by Gasteiger charge is 2.32. The number of halogens is 1. The molecule has 1 unspecified atom stereocenters. The number of nitrogens with two attached hydrogens (primary N) is 1. The number of hydrogen-bond acceptors (Lipinski definition) is 4. The van der Waals surface area contributed by atoms with E-state index in [2.05, 4.69) is 4.72 Å². The van der Waals surface area contributed by atoms with Crippen LogP contribution in [0, 0.1) is 12.7 Å². The fourth-order valence-electron chi connectivity index (χ4n) is 1.45. The van der Waals surface area contributed by atoms with Crippen LogP contribution in [-0.4, -0.2) is 25.2 Å². The van der Waals surface area contributed by atoms with Crippen LogP contribution < -0.4 is 10.5 Å². The van der Waals surface area contributed by atoms with Gasteiger partial charge in [0.1, 0.15) is 10.7 Å². The Bertz CT molecular complexity index is 583. The second kappa shape index (κ2) is 5.07. The molecule has 19 heavy (non-hydrogen) atoms. The van der Waals surface area contributed by atoms with Crippen LogP contribution in [-0.2, 0) is 10.0 Å². The van der Waals surface area contributed by atoms with E-state index in [1.54, 1.807) is 0 Å². The fraction of sp³-hybridized carbons (Fsp3) is 0.500. The molecule has 1 aromatic carbocycles. The zero-order chi connectivity index (χ0) is 15.0. The summed E-state index contributed by atoms with van der Waals surface area (Å²) in [6, 6.07) is 2.41. The fourth-order valence-corrected chi connectivity index (χ4v) is 3.11. The van der Waals surface area contributed by atoms with Gasteiger partial charge in [0.2, 0.25) is 10.0 Å². The second-order valence-corrected chi connectivity index (χ2v) is 6.80. The summed E-state index contributed by atoms with van der Waals surface area (Å²) in [5.41, 5.74) is 4.73. The van der Waals surface area contributed by atoms with Crippen molar-refractivity contribution in [1.82, 2.24) is 4.72 Å². The number of nitrogen functional groups attached to an aromatic ring is 1. The van der Waals surface area contributed by atoms with Gasteiger partial charge in [-0.15, -0.1) is 0 Å². The van der Waals surface area contributed by atoms with Crippen molar-refractivity contribution in [2.75, 3.05) is 5.73 Å². The van der Waals surface area contributed by atoms with E-state index >= 15 is 0 Å². The SMILES string of the molecule is Cc1cc(N)cc(S(=O)(=O)NC(C)(C)C(C)O)c1F. The van der Waals surface area contributed by atoms with Crippen LogP contribution in [0.2, 0.25) is 0 Å². The van der Waals surface area contributed by atoms with Crippen molar-refractivity contribution >= 4 is 15.7 Å². The molecule has 0 amide bonds. The minimum atomic E-state index is -4.10. The first-order valence-corrected chi connectivity index (χ1v) is 7.23. The molecule has 0 aliphatic carbocycles. The lowest BCUT2D eigenvalue weighted by Crippen LogP contribution is -2.50. The maximum Gasteiger partial charge on any atom is 0.244 e. The van der Waals surface area contributed by atoms with Crippen LogP contribution in [0.15, 0.2) is 17.0 Å². The van der Waals surface area contributed by atoms with Crippen LogP contribution in [0.25, 0.3) is 0 Å². The molecule has 0 bridgehead atoms. The third kappa shape index (κ3) is 3.43. The molecule has 0 radical (unpaired) electrons. The number of sulfonamides is 1. The van der Waals surface area contributed by atoms with E-state index in [1.165, 1.54) is 33.8 Å². The normalized spacial score (nSPS) is 14.4. The first kappa shape index (κ1) is 15.9. The number of aryl methyl sites for hydroxylation is 1. The Morgan fingerprint density at radius 1 is 1.42 bits per heavy atom. The largest absolute Gasteiger partial charge is 0.399 e. The van der Waals surface area contributed by atoms with Gasteiger partial charge in [-0.1, -0.05) is 0 Å². The molecule has 0 aromatic heterocycles. The predicted octanol–water partition coefficient (Wildman–Crippen LogP) is 1.15. The minimum Gasteiger partial charge on any atom is -0.399 e. The summed E-state index contributed by atoms with van der Waals surface area (Å²) in [5.74, 6) is -0.844. The summed E-state index contributed by atoms with van der Waals surface area (Å²) < 4.78 is 40.5. The highest BCUT2D eigenvalue weighted by molar-refractivity contribution is 7.89. The van der Waals surface area contributed by atoms with E-state index in [9.17, 15) is 17.9 Å². The van der Waals surface area contributed by atoms with E-state index in [1.807, 2.05) is 0 Å². The highest BCUT2D eigenvalue weighted by Crippen LogP contribution is 2.23. The molecule has 0 heterocycles. The van der Waals surface area contributed by atoms with Gasteiger partial charge in [-0.3, -0.25) is 0 Å². The minimum absolute atomic E-state index is 0.148. The van der Waals surface area contributed by atoms with Crippen molar-refractivity contribution in [3.05, 3.63) is 23.5 Å². The quantitative estimate of drug-likeness (QED) is 0.725. The number of anilines is 1. The maximum atomic E-state index is 13.9. The average Bonchev–Trinajstić information content (AvgIpc) is 2.21. The Kier molecular flexibility index (Phi) is 4.23. The molecule has 0 aliphatic heterocycles. The number of nitrogens with one attached hydrogen (secondary N) is 1. The van der Waals surface area contributed by atoms with Crippen molar-refractivity contribution < 1.29 is 17.9 Å². The van der Waals surface area contributed by atoms with Crippen LogP contribution in [0.3, 0.4) is 0 Å². The first-order chi connectivity index (χ1) is 8.47. The van der Waals surface area contributed by atoms with Gasteiger partial charge >= 0.3 is 0 Å². The van der Waals surface area contributed by atoms with Crippen molar-refractivity contribution in [3.63, 3.8) is 0 Å². The molecule has 108 valence electrons. The molecule has 1 rings (SSSR count). The van der Waals surface area contributed by atoms with E-state index < -0.39 is 32.4 Å². The van der Waals surface area contributed by atoms with E-state index in [4.69, 9.17) is 5.73 Å². The summed E-state index contributed by atoms with van der Waals surface area (Å²) in [7, 11) is -4.10. The summed E-state index contributed by atoms with van der Waals surface area (Å²) in [6.07, 6.45) is -0.938. The summed E-state index contributed by atoms with van der Waals surface area (Å²) in [4.78, 5) is -0.515. The molecule has 0 spiro atoms. The van der Waals surface area contributed by atoms with Crippen molar-refractivity contribution in [2.45, 2.75) is 44.2 Å². The monoisotopic (exact) mass is 290 g/mol. The Morgan fingerprint density at radius 2 is 1.95 bits per heavy atom. The molecule has 7 heteroatoms. The molecule has 0 aliphatic rings. The summed E-state index contributed by atoms with van der Waals surface area (Å²) >= 11 is 0. The Balaban J connectivity index is 3.30. The van der Waals surface area contributed by atoms with Crippen molar-refractivity contribution in [3.8, 4) is 0 Å². The Hall–Kier alpha value is -1.18. The molecular formula is C12H19FN2O3S. The molecule has 1 aromatic rings. The zero-order valence-corrected chi connectivity index (χ0v) is 12.2. The summed E-state index contributed by atoms with van der Waals surface area (Å²) in [6.45, 7) is 5.90. The Morgan fingerprint density at radius 3 is 2.42 bits per heavy atom. The number of hydrogen-bond donors (Lipinski definition) is 3. The molecular weight excluding hydrogens is 271 g/mol. The smallest absolute Gasteiger partial charge is 0.244 e. The number of aliphatic hydroxyl groups excluding tert-OH is 1. The second-order valence-electron chi connectivity index (χ2n) is 5.15. The highest BCUT2D eigenvalue weighted by atomic mass is 32.2. The van der Waals surface area contributed by atoms with Gasteiger partial charge in [0.25, 0.3) is 0 Å². The predicted molar refractivity (Wildman–Crippen MR) is 71.6 cm³/mol. The third-order valence-corrected chi connectivity index (χ3v) is 4.65. The number of rotatable bonds is 4. The van der Waals surface area contributed by atoms with Crippen molar-refractivity contribution in [1.29, 1.82) is 0 Å². The van der Waals surface area contributed by atoms with Crippen LogP contribution in [0.1, 0.15) is 26.3 Å². The van der Waals surface area contributed by atoms with E-state index in [-0.39, 0.29) is 11.3 Å². The third-order valence-electron chi connectivity index (χ3n) is 2.97. The van der Waals surface area contributed by atoms with Gasteiger partial charge < -0.3 is 10.8 Å². The maximum absolute atomic E-state index is 13.9. The van der Waals surface area contributed by atoms with Crippen LogP contribution in [0.4, 0.5) is 10.1 Å². The lowest BCUT2D eigenvalue weighted by atomic mass is 10.0. The molecule has 5 nitrogen and oxygen atoms in total. The number of benzene rings is 1. The number of aliphatic hydroxyl groups is 1. The molecule has 0 fully saturated rings. The lowest BCUT2D eigenvalue weighted by Gasteiger charge is -2.29. The Labute approximate surface area is 112 Å². The molecule has 1 atom stereocenters. The van der Waals surface area contributed by atoms with Gasteiger partial charge in [0, 0.05) is 5.69 Å². The standard InChI is InChI=1S/C12H19FN2O3S/c1-7-5-9(14)6-10(11(7)13)19(17,18)15-12(3,4)8(2)16/h5-6,8,15-16H,14H2,1-4H3. The zero-order valence-electron chi connectivity index (χ0n) is 11.4. The lowest BCUT2D eigenvalue weighted by molar-refractivity contribution is 0.111. The topological polar surface area (TPSA) is 92.4 Å². The molecule has 0 saturated heterocycles. The van der Waals surface area contributed by atoms with Gasteiger partial charge in [-0.2, -0.15) is 0 Å². The van der Waals surface area contributed by atoms with E-state index in [0.29, 0.717) is 0 Å². The van der Waals surface area contributed by atoms with Crippen LogP contribution >= 0.6 is 0 Å². The molecule has 0 saturated carbocycles. The first-order valence-electron chi connectivity index (χ1n) is 5.75. The van der Waals surface area contributed by atoms with Gasteiger partial charge in [-0.05, 0) is 45.4 Å². The van der Waals surface area contributed by atoms with Gasteiger partial charge in [-0.25, -0.2) is 17.5 Å². The van der Waals surface area contributed by atoms with Gasteiger partial charge in [0.05, 0.1) is 11.6 Å². The van der Waals surface area contributed by atoms with E-state index in [0.717, 1.165) is 6.07 Å². The average molecular weight is 290 g/mol. The summed E-state index contributed by atoms with van der Waals surface area (Å²) in [5, 5.41) is 9.52. The van der Waals surface area contributed by atoms with Crippen LogP contribution in [0.5, 0.6) is 0 Å².